The Morgan fingerprint density at radius 3 is 2.37 bits per heavy atom. The van der Waals surface area contributed by atoms with Crippen LogP contribution in [0.2, 0.25) is 0 Å². The molecule has 38 heavy (non-hydrogen) atoms. The van der Waals surface area contributed by atoms with Gasteiger partial charge in [0.15, 0.2) is 11.0 Å². The molecule has 1 fully saturated rings. The lowest BCUT2D eigenvalue weighted by Gasteiger charge is -2.36. The second-order valence-corrected chi connectivity index (χ2v) is 9.49. The first kappa shape index (κ1) is 25.5. The molecular weight excluding hydrogens is 507 g/mol. The monoisotopic (exact) mass is 534 g/mol. The number of carbonyl (C=O) groups is 1. The lowest BCUT2D eigenvalue weighted by molar-refractivity contribution is -0.128. The van der Waals surface area contributed by atoms with Gasteiger partial charge in [-0.2, -0.15) is 0 Å². The molecular formula is C27H27FN6O3S. The number of halogens is 1. The molecule has 0 spiro atoms. The van der Waals surface area contributed by atoms with Gasteiger partial charge >= 0.3 is 0 Å². The number of hydrogen-bond donors (Lipinski definition) is 0. The van der Waals surface area contributed by atoms with E-state index in [2.05, 4.69) is 20.1 Å². The fourth-order valence-corrected chi connectivity index (χ4v) is 5.17. The quantitative estimate of drug-likeness (QED) is 0.315. The third-order valence-corrected chi connectivity index (χ3v) is 7.26. The molecule has 0 saturated carbocycles. The van der Waals surface area contributed by atoms with E-state index < -0.39 is 0 Å². The summed E-state index contributed by atoms with van der Waals surface area (Å²) in [6.45, 7) is 2.56. The van der Waals surface area contributed by atoms with Crippen molar-refractivity contribution in [2.75, 3.05) is 51.1 Å². The summed E-state index contributed by atoms with van der Waals surface area (Å²) in [6.07, 6.45) is 3.39. The van der Waals surface area contributed by atoms with E-state index >= 15 is 0 Å². The van der Waals surface area contributed by atoms with Crippen LogP contribution < -0.4 is 14.4 Å². The lowest BCUT2D eigenvalue weighted by atomic mass is 10.2. The molecule has 11 heteroatoms. The SMILES string of the molecule is COc1ccc(OC)c(-n2c(SCC(=O)N3CCN(c4ccc(F)cc4)CC3)nnc2-c2ccncc2)c1. The minimum absolute atomic E-state index is 0.0198. The van der Waals surface area contributed by atoms with Crippen molar-refractivity contribution in [3.8, 4) is 28.6 Å². The summed E-state index contributed by atoms with van der Waals surface area (Å²) in [4.78, 5) is 21.2. The molecule has 3 heterocycles. The van der Waals surface area contributed by atoms with Gasteiger partial charge in [-0.3, -0.25) is 14.3 Å². The number of hydrogen-bond acceptors (Lipinski definition) is 8. The minimum atomic E-state index is -0.258. The molecule has 0 unspecified atom stereocenters. The number of methoxy groups -OCH3 is 2. The van der Waals surface area contributed by atoms with E-state index in [0.717, 1.165) is 11.3 Å². The molecule has 5 rings (SSSR count). The summed E-state index contributed by atoms with van der Waals surface area (Å²) in [5.41, 5.74) is 2.48. The number of rotatable bonds is 8. The van der Waals surface area contributed by atoms with Crippen molar-refractivity contribution in [3.63, 3.8) is 0 Å². The van der Waals surface area contributed by atoms with E-state index in [0.29, 0.717) is 54.3 Å². The highest BCUT2D eigenvalue weighted by Gasteiger charge is 2.24. The fraction of sp³-hybridized carbons (Fsp3) is 0.259. The van der Waals surface area contributed by atoms with Gasteiger partial charge in [0.1, 0.15) is 17.3 Å². The topological polar surface area (TPSA) is 85.6 Å². The minimum Gasteiger partial charge on any atom is -0.497 e. The van der Waals surface area contributed by atoms with Gasteiger partial charge in [-0.25, -0.2) is 4.39 Å². The summed E-state index contributed by atoms with van der Waals surface area (Å²) in [6, 6.07) is 15.7. The second kappa shape index (κ2) is 11.5. The van der Waals surface area contributed by atoms with Gasteiger partial charge in [0.25, 0.3) is 0 Å². The van der Waals surface area contributed by atoms with Crippen LogP contribution in [0, 0.1) is 5.82 Å². The Balaban J connectivity index is 1.34. The maximum atomic E-state index is 13.3. The van der Waals surface area contributed by atoms with Gasteiger partial charge < -0.3 is 19.3 Å². The number of nitrogens with zero attached hydrogens (tertiary/aromatic N) is 6. The third kappa shape index (κ3) is 5.42. The van der Waals surface area contributed by atoms with Gasteiger partial charge in [-0.15, -0.1) is 10.2 Å². The van der Waals surface area contributed by atoms with Crippen LogP contribution in [0.4, 0.5) is 10.1 Å². The Bertz CT molecular complexity index is 1390. The summed E-state index contributed by atoms with van der Waals surface area (Å²) < 4.78 is 26.2. The highest BCUT2D eigenvalue weighted by atomic mass is 32.2. The van der Waals surface area contributed by atoms with Crippen molar-refractivity contribution in [2.45, 2.75) is 5.16 Å². The van der Waals surface area contributed by atoms with Crippen LogP contribution >= 0.6 is 11.8 Å². The molecule has 0 atom stereocenters. The molecule has 196 valence electrons. The van der Waals surface area contributed by atoms with Crippen molar-refractivity contribution in [2.24, 2.45) is 0 Å². The van der Waals surface area contributed by atoms with Crippen LogP contribution in [0.1, 0.15) is 0 Å². The van der Waals surface area contributed by atoms with Crippen LogP contribution in [0.25, 0.3) is 17.1 Å². The van der Waals surface area contributed by atoms with Gasteiger partial charge in [0.2, 0.25) is 5.91 Å². The van der Waals surface area contributed by atoms with E-state index in [1.165, 1.54) is 23.9 Å². The van der Waals surface area contributed by atoms with E-state index in [1.807, 2.05) is 39.8 Å². The zero-order chi connectivity index (χ0) is 26.5. The largest absolute Gasteiger partial charge is 0.497 e. The summed E-state index contributed by atoms with van der Waals surface area (Å²) in [5.74, 6) is 1.84. The standard InChI is InChI=1S/C27H27FN6O3S/c1-36-22-7-8-24(37-2)23(17-22)34-26(19-9-11-29-12-10-19)30-31-27(34)38-18-25(35)33-15-13-32(14-16-33)21-5-3-20(28)4-6-21/h3-12,17H,13-16,18H2,1-2H3. The van der Waals surface area contributed by atoms with Crippen LogP contribution in [0.3, 0.4) is 0 Å². The van der Waals surface area contributed by atoms with Gasteiger partial charge in [-0.1, -0.05) is 11.8 Å². The Morgan fingerprint density at radius 1 is 0.947 bits per heavy atom. The first-order valence-corrected chi connectivity index (χ1v) is 13.0. The number of carbonyl (C=O) groups excluding carboxylic acids is 1. The first-order chi connectivity index (χ1) is 18.6. The fourth-order valence-electron chi connectivity index (χ4n) is 4.32. The predicted molar refractivity (Wildman–Crippen MR) is 144 cm³/mol. The molecule has 0 aliphatic carbocycles. The number of pyridine rings is 1. The van der Waals surface area contributed by atoms with Crippen molar-refractivity contribution in [3.05, 3.63) is 72.8 Å². The van der Waals surface area contributed by atoms with E-state index in [1.54, 1.807) is 38.7 Å². The van der Waals surface area contributed by atoms with Crippen LogP contribution in [-0.4, -0.2) is 76.7 Å². The number of anilines is 1. The number of thioether (sulfide) groups is 1. The van der Waals surface area contributed by atoms with Crippen LogP contribution in [0.5, 0.6) is 11.5 Å². The number of amides is 1. The van der Waals surface area contributed by atoms with E-state index in [-0.39, 0.29) is 17.5 Å². The Labute approximate surface area is 224 Å². The summed E-state index contributed by atoms with van der Waals surface area (Å²) in [5, 5.41) is 9.43. The lowest BCUT2D eigenvalue weighted by Crippen LogP contribution is -2.49. The molecule has 0 radical (unpaired) electrons. The van der Waals surface area contributed by atoms with Gasteiger partial charge in [0.05, 0.1) is 25.7 Å². The normalized spacial score (nSPS) is 13.4. The molecule has 1 aliphatic heterocycles. The highest BCUT2D eigenvalue weighted by molar-refractivity contribution is 7.99. The maximum Gasteiger partial charge on any atom is 0.233 e. The number of benzene rings is 2. The van der Waals surface area contributed by atoms with Crippen molar-refractivity contribution in [1.82, 2.24) is 24.6 Å². The summed E-state index contributed by atoms with van der Waals surface area (Å²) >= 11 is 1.32. The number of aromatic nitrogens is 4. The molecule has 2 aromatic heterocycles. The van der Waals surface area contributed by atoms with Crippen LogP contribution in [-0.2, 0) is 4.79 Å². The number of ether oxygens (including phenoxy) is 2. The number of piperazine rings is 1. The van der Waals surface area contributed by atoms with Crippen molar-refractivity contribution < 1.29 is 18.7 Å². The summed E-state index contributed by atoms with van der Waals surface area (Å²) in [7, 11) is 3.20. The molecule has 4 aromatic rings. The smallest absolute Gasteiger partial charge is 0.233 e. The van der Waals surface area contributed by atoms with Crippen LogP contribution in [0.15, 0.2) is 72.1 Å². The molecule has 1 aliphatic rings. The second-order valence-electron chi connectivity index (χ2n) is 8.55. The third-order valence-electron chi connectivity index (χ3n) is 6.35. The first-order valence-electron chi connectivity index (χ1n) is 12.1. The Kier molecular flexibility index (Phi) is 7.73. The van der Waals surface area contributed by atoms with Crippen molar-refractivity contribution >= 4 is 23.4 Å². The zero-order valence-corrected chi connectivity index (χ0v) is 21.9. The van der Waals surface area contributed by atoms with Gasteiger partial charge in [0, 0.05) is 55.9 Å². The highest BCUT2D eigenvalue weighted by Crippen LogP contribution is 2.35. The van der Waals surface area contributed by atoms with E-state index in [4.69, 9.17) is 9.47 Å². The van der Waals surface area contributed by atoms with Crippen molar-refractivity contribution in [1.29, 1.82) is 0 Å². The molecule has 1 amide bonds. The molecule has 1 saturated heterocycles. The zero-order valence-electron chi connectivity index (χ0n) is 21.1. The molecule has 9 nitrogen and oxygen atoms in total. The molecule has 0 bridgehead atoms. The Morgan fingerprint density at radius 2 is 1.68 bits per heavy atom. The maximum absolute atomic E-state index is 13.3. The molecule has 0 N–H and O–H groups in total. The van der Waals surface area contributed by atoms with Gasteiger partial charge in [-0.05, 0) is 48.5 Å². The average molecular weight is 535 g/mol. The average Bonchev–Trinajstić information content (AvgIpc) is 3.40. The van der Waals surface area contributed by atoms with E-state index in [9.17, 15) is 9.18 Å². The molecule has 2 aromatic carbocycles. The Hall–Kier alpha value is -4.12. The predicted octanol–water partition coefficient (Wildman–Crippen LogP) is 3.93.